The zero-order valence-electron chi connectivity index (χ0n) is 17.4. The van der Waals surface area contributed by atoms with E-state index in [1.807, 2.05) is 42.6 Å². The smallest absolute Gasteiger partial charge is 0.235 e. The molecule has 0 spiro atoms. The molecule has 1 atom stereocenters. The number of pyridine rings is 1. The Hall–Kier alpha value is -2.98. The fraction of sp³-hybridized carbons (Fsp3) is 0.333. The highest BCUT2D eigenvalue weighted by atomic mass is 32.2. The van der Waals surface area contributed by atoms with Crippen LogP contribution in [-0.2, 0) is 16.6 Å². The second kappa shape index (κ2) is 9.03. The molecule has 0 aliphatic carbocycles. The van der Waals surface area contributed by atoms with Crippen molar-refractivity contribution in [3.05, 3.63) is 67.5 Å². The summed E-state index contributed by atoms with van der Waals surface area (Å²) >= 11 is 0. The number of sulfonamides is 1. The molecular formula is C21H26N7O2S. The minimum absolute atomic E-state index is 0.557. The van der Waals surface area contributed by atoms with Crippen LogP contribution in [0.3, 0.4) is 0 Å². The summed E-state index contributed by atoms with van der Waals surface area (Å²) in [4.78, 5) is 8.88. The van der Waals surface area contributed by atoms with E-state index in [4.69, 9.17) is 0 Å². The molecule has 10 heteroatoms. The molecule has 4 rings (SSSR count). The van der Waals surface area contributed by atoms with Gasteiger partial charge in [0.1, 0.15) is 0 Å². The van der Waals surface area contributed by atoms with Crippen LogP contribution < -0.4 is 9.62 Å². The predicted octanol–water partition coefficient (Wildman–Crippen LogP) is 1.95. The number of hydrogen-bond acceptors (Lipinski definition) is 7. The average Bonchev–Trinajstić information content (AvgIpc) is 3.23. The van der Waals surface area contributed by atoms with Crippen LogP contribution >= 0.6 is 0 Å². The van der Waals surface area contributed by atoms with Gasteiger partial charge in [-0.15, -0.1) is 5.10 Å². The minimum atomic E-state index is -3.47. The first-order valence-corrected chi connectivity index (χ1v) is 11.7. The topological polar surface area (TPSA) is 96.2 Å². The first-order valence-electron chi connectivity index (χ1n) is 10.2. The lowest BCUT2D eigenvalue weighted by molar-refractivity contribution is 0.247. The van der Waals surface area contributed by atoms with Gasteiger partial charge < -0.3 is 4.90 Å². The largest absolute Gasteiger partial charge is 0.369 e. The van der Waals surface area contributed by atoms with Gasteiger partial charge in [0.25, 0.3) is 0 Å². The maximum absolute atomic E-state index is 12.1. The third-order valence-corrected chi connectivity index (χ3v) is 6.76. The van der Waals surface area contributed by atoms with Crippen molar-refractivity contribution in [1.82, 2.24) is 24.9 Å². The maximum Gasteiger partial charge on any atom is 0.235 e. The molecule has 3 aromatic rings. The maximum atomic E-state index is 12.1. The van der Waals surface area contributed by atoms with Gasteiger partial charge in [0.2, 0.25) is 10.0 Å². The van der Waals surface area contributed by atoms with Crippen molar-refractivity contribution in [3.8, 4) is 5.82 Å². The second-order valence-corrected chi connectivity index (χ2v) is 9.71. The molecule has 0 saturated carbocycles. The number of rotatable bonds is 7. The van der Waals surface area contributed by atoms with Gasteiger partial charge in [-0.05, 0) is 44.2 Å². The van der Waals surface area contributed by atoms with Gasteiger partial charge >= 0.3 is 0 Å². The van der Waals surface area contributed by atoms with Crippen LogP contribution in [0.15, 0.2) is 54.9 Å². The average molecular weight is 441 g/mol. The summed E-state index contributed by atoms with van der Waals surface area (Å²) in [6.07, 6.45) is 3.64. The Labute approximate surface area is 182 Å². The Balaban J connectivity index is 1.34. The van der Waals surface area contributed by atoms with Crippen molar-refractivity contribution < 1.29 is 8.42 Å². The van der Waals surface area contributed by atoms with Crippen molar-refractivity contribution in [2.75, 3.05) is 35.8 Å². The van der Waals surface area contributed by atoms with Gasteiger partial charge in [0, 0.05) is 44.6 Å². The number of piperazine rings is 1. The number of benzene rings is 1. The van der Waals surface area contributed by atoms with Crippen molar-refractivity contribution in [2.45, 2.75) is 18.7 Å². The first kappa shape index (κ1) is 21.3. The lowest BCUT2D eigenvalue weighted by atomic mass is 10.2. The quantitative estimate of drug-likeness (QED) is 0.600. The number of anilines is 2. The van der Waals surface area contributed by atoms with Crippen LogP contribution in [0.1, 0.15) is 12.6 Å². The normalized spacial score (nSPS) is 15.4. The molecule has 1 aliphatic rings. The molecule has 1 radical (unpaired) electrons. The standard InChI is InChI=1S/C21H26N7O2S/c1-17(2)31(29,30)24-18-6-5-7-20(14-18)27-12-10-26(11-13-27)15-19-16-28(25-23-19)21-8-3-4-9-22-21/h3-9,14,16-17,24H,1,10-13,15H2,2H3. The van der Waals surface area contributed by atoms with Crippen LogP contribution in [0.5, 0.6) is 0 Å². The third-order valence-electron chi connectivity index (χ3n) is 5.18. The van der Waals surface area contributed by atoms with Crippen molar-refractivity contribution in [1.29, 1.82) is 0 Å². The lowest BCUT2D eigenvalue weighted by Gasteiger charge is -2.35. The van der Waals surface area contributed by atoms with E-state index in [-0.39, 0.29) is 0 Å². The van der Waals surface area contributed by atoms with E-state index in [1.165, 1.54) is 0 Å². The van der Waals surface area contributed by atoms with E-state index in [1.54, 1.807) is 23.9 Å². The van der Waals surface area contributed by atoms with Gasteiger partial charge in [0.15, 0.2) is 5.82 Å². The lowest BCUT2D eigenvalue weighted by Crippen LogP contribution is -2.46. The molecule has 31 heavy (non-hydrogen) atoms. The fourth-order valence-electron chi connectivity index (χ4n) is 3.40. The second-order valence-electron chi connectivity index (χ2n) is 7.61. The van der Waals surface area contributed by atoms with Crippen molar-refractivity contribution in [3.63, 3.8) is 0 Å². The van der Waals surface area contributed by atoms with E-state index in [0.717, 1.165) is 49.9 Å². The van der Waals surface area contributed by atoms with Gasteiger partial charge in [-0.1, -0.05) is 17.3 Å². The molecule has 3 heterocycles. The van der Waals surface area contributed by atoms with Crippen LogP contribution in [0.25, 0.3) is 5.82 Å². The molecule has 1 aliphatic heterocycles. The number of nitrogens with one attached hydrogen (secondary N) is 1. The van der Waals surface area contributed by atoms with Gasteiger partial charge in [0.05, 0.1) is 22.8 Å². The van der Waals surface area contributed by atoms with Crippen LogP contribution in [-0.4, -0.2) is 64.7 Å². The molecule has 0 bridgehead atoms. The van der Waals surface area contributed by atoms with Gasteiger partial charge in [-0.3, -0.25) is 9.62 Å². The van der Waals surface area contributed by atoms with E-state index < -0.39 is 15.3 Å². The highest BCUT2D eigenvalue weighted by molar-refractivity contribution is 7.93. The fourth-order valence-corrected chi connectivity index (χ4v) is 4.05. The Bertz CT molecular complexity index is 1110. The monoisotopic (exact) mass is 440 g/mol. The molecule has 163 valence electrons. The zero-order chi connectivity index (χ0) is 21.8. The molecule has 1 fully saturated rings. The predicted molar refractivity (Wildman–Crippen MR) is 120 cm³/mol. The van der Waals surface area contributed by atoms with Gasteiger partial charge in [-0.2, -0.15) is 0 Å². The van der Waals surface area contributed by atoms with Crippen LogP contribution in [0, 0.1) is 6.92 Å². The highest BCUT2D eigenvalue weighted by Gasteiger charge is 2.20. The van der Waals surface area contributed by atoms with Gasteiger partial charge in [-0.25, -0.2) is 18.1 Å². The van der Waals surface area contributed by atoms with E-state index in [9.17, 15) is 8.42 Å². The molecule has 1 N–H and O–H groups in total. The van der Waals surface area contributed by atoms with Crippen molar-refractivity contribution >= 4 is 21.4 Å². The first-order chi connectivity index (χ1) is 14.9. The summed E-state index contributed by atoms with van der Waals surface area (Å²) in [5.74, 6) is 0.745. The summed E-state index contributed by atoms with van der Waals surface area (Å²) in [6.45, 7) is 9.32. The molecule has 0 amide bonds. The van der Waals surface area contributed by atoms with Crippen LogP contribution in [0.2, 0.25) is 0 Å². The van der Waals surface area contributed by atoms with E-state index >= 15 is 0 Å². The van der Waals surface area contributed by atoms with Crippen molar-refractivity contribution in [2.24, 2.45) is 0 Å². The highest BCUT2D eigenvalue weighted by Crippen LogP contribution is 2.22. The number of hydrogen-bond donors (Lipinski definition) is 1. The number of aromatic nitrogens is 4. The summed E-state index contributed by atoms with van der Waals surface area (Å²) in [6, 6.07) is 13.2. The summed E-state index contributed by atoms with van der Waals surface area (Å²) in [7, 11) is -3.47. The van der Waals surface area contributed by atoms with E-state index in [0.29, 0.717) is 5.69 Å². The summed E-state index contributed by atoms with van der Waals surface area (Å²) in [5.41, 5.74) is 2.46. The minimum Gasteiger partial charge on any atom is -0.369 e. The molecule has 1 unspecified atom stereocenters. The Kier molecular flexibility index (Phi) is 6.19. The Morgan fingerprint density at radius 3 is 2.65 bits per heavy atom. The SMILES string of the molecule is [CH2]C(C)S(=O)(=O)Nc1cccc(N2CCN(Cc3cn(-c4ccccn4)nn3)CC2)c1. The third kappa shape index (κ3) is 5.20. The molecule has 9 nitrogen and oxygen atoms in total. The summed E-state index contributed by atoms with van der Waals surface area (Å²) < 4.78 is 28.5. The number of nitrogens with zero attached hydrogens (tertiary/aromatic N) is 6. The molecule has 1 saturated heterocycles. The summed E-state index contributed by atoms with van der Waals surface area (Å²) in [5, 5.41) is 7.72. The Morgan fingerprint density at radius 1 is 1.13 bits per heavy atom. The zero-order valence-corrected chi connectivity index (χ0v) is 18.2. The molecule has 1 aromatic carbocycles. The Morgan fingerprint density at radius 2 is 1.94 bits per heavy atom. The molecule has 2 aromatic heterocycles. The van der Waals surface area contributed by atoms with Crippen LogP contribution in [0.4, 0.5) is 11.4 Å². The van der Waals surface area contributed by atoms with E-state index in [2.05, 4.69) is 36.7 Å². The molecular weight excluding hydrogens is 414 g/mol.